The van der Waals surface area contributed by atoms with Gasteiger partial charge in [0.2, 0.25) is 0 Å². The van der Waals surface area contributed by atoms with Crippen molar-refractivity contribution in [2.75, 3.05) is 18.5 Å². The van der Waals surface area contributed by atoms with Crippen LogP contribution in [0.25, 0.3) is 0 Å². The first kappa shape index (κ1) is 13.9. The zero-order chi connectivity index (χ0) is 14.9. The van der Waals surface area contributed by atoms with E-state index < -0.39 is 0 Å². The van der Waals surface area contributed by atoms with Gasteiger partial charge in [-0.1, -0.05) is 41.9 Å². The summed E-state index contributed by atoms with van der Waals surface area (Å²) in [6, 6.07) is 14.3. The molecule has 0 N–H and O–H groups in total. The Labute approximate surface area is 129 Å². The summed E-state index contributed by atoms with van der Waals surface area (Å²) >= 11 is 6.24. The highest BCUT2D eigenvalue weighted by Crippen LogP contribution is 2.49. The molecule has 1 aliphatic carbocycles. The molecular formula is C17H16ClN3. The number of halogens is 1. The molecule has 2 aromatic rings. The molecule has 1 aromatic carbocycles. The molecule has 0 radical (unpaired) electrons. The Bertz CT molecular complexity index is 687. The summed E-state index contributed by atoms with van der Waals surface area (Å²) in [5.41, 5.74) is 2.08. The fraction of sp³-hybridized carbons (Fsp3) is 0.294. The van der Waals surface area contributed by atoms with E-state index in [1.165, 1.54) is 18.4 Å². The zero-order valence-electron chi connectivity index (χ0n) is 11.9. The van der Waals surface area contributed by atoms with E-state index in [1.54, 1.807) is 12.3 Å². The molecule has 1 aliphatic rings. The van der Waals surface area contributed by atoms with Crippen LogP contribution >= 0.6 is 11.6 Å². The number of hydrogen-bond donors (Lipinski definition) is 0. The minimum Gasteiger partial charge on any atom is -0.358 e. The van der Waals surface area contributed by atoms with E-state index in [9.17, 15) is 0 Å². The highest BCUT2D eigenvalue weighted by Gasteiger charge is 2.45. The van der Waals surface area contributed by atoms with Crippen LogP contribution in [-0.4, -0.2) is 18.6 Å². The Morgan fingerprint density at radius 2 is 2.05 bits per heavy atom. The Balaban J connectivity index is 1.81. The number of aromatic nitrogens is 1. The van der Waals surface area contributed by atoms with Crippen LogP contribution in [0.3, 0.4) is 0 Å². The van der Waals surface area contributed by atoms with Gasteiger partial charge in [0.05, 0.1) is 10.6 Å². The largest absolute Gasteiger partial charge is 0.358 e. The van der Waals surface area contributed by atoms with Crippen molar-refractivity contribution in [3.8, 4) is 6.07 Å². The van der Waals surface area contributed by atoms with Crippen molar-refractivity contribution < 1.29 is 0 Å². The summed E-state index contributed by atoms with van der Waals surface area (Å²) in [6.07, 6.45) is 3.95. The van der Waals surface area contributed by atoms with Crippen LogP contribution in [0.4, 0.5) is 5.82 Å². The normalized spacial score (nSPS) is 15.3. The van der Waals surface area contributed by atoms with E-state index in [0.29, 0.717) is 10.6 Å². The van der Waals surface area contributed by atoms with Gasteiger partial charge in [-0.05, 0) is 24.5 Å². The van der Waals surface area contributed by atoms with E-state index in [4.69, 9.17) is 16.9 Å². The predicted molar refractivity (Wildman–Crippen MR) is 84.6 cm³/mol. The second kappa shape index (κ2) is 5.38. The Morgan fingerprint density at radius 1 is 1.33 bits per heavy atom. The number of pyridine rings is 1. The lowest BCUT2D eigenvalue weighted by Gasteiger charge is -2.25. The van der Waals surface area contributed by atoms with Crippen LogP contribution in [-0.2, 0) is 5.41 Å². The molecule has 0 amide bonds. The van der Waals surface area contributed by atoms with Gasteiger partial charge < -0.3 is 4.90 Å². The van der Waals surface area contributed by atoms with Crippen molar-refractivity contribution in [2.45, 2.75) is 18.3 Å². The quantitative estimate of drug-likeness (QED) is 0.862. The Morgan fingerprint density at radius 3 is 2.62 bits per heavy atom. The van der Waals surface area contributed by atoms with Crippen molar-refractivity contribution >= 4 is 17.4 Å². The third-order valence-corrected chi connectivity index (χ3v) is 4.37. The second-order valence-electron chi connectivity index (χ2n) is 5.64. The summed E-state index contributed by atoms with van der Waals surface area (Å²) in [7, 11) is 2.00. The first-order chi connectivity index (χ1) is 10.1. The number of rotatable bonds is 4. The van der Waals surface area contributed by atoms with Gasteiger partial charge in [0.25, 0.3) is 0 Å². The fourth-order valence-corrected chi connectivity index (χ4v) is 3.09. The van der Waals surface area contributed by atoms with Crippen LogP contribution in [0.2, 0.25) is 5.02 Å². The maximum atomic E-state index is 8.87. The van der Waals surface area contributed by atoms with Gasteiger partial charge >= 0.3 is 0 Å². The first-order valence-corrected chi connectivity index (χ1v) is 7.35. The Hall–Kier alpha value is -2.05. The minimum atomic E-state index is 0.217. The fourth-order valence-electron chi connectivity index (χ4n) is 2.78. The van der Waals surface area contributed by atoms with Crippen LogP contribution in [0, 0.1) is 11.3 Å². The third-order valence-electron chi connectivity index (χ3n) is 4.09. The minimum absolute atomic E-state index is 0.217. The van der Waals surface area contributed by atoms with E-state index in [1.807, 2.05) is 13.1 Å². The van der Waals surface area contributed by atoms with Crippen molar-refractivity contribution in [3.05, 3.63) is 58.7 Å². The van der Waals surface area contributed by atoms with Gasteiger partial charge in [0.1, 0.15) is 11.9 Å². The molecule has 1 saturated carbocycles. The molecule has 0 bridgehead atoms. The van der Waals surface area contributed by atoms with Crippen molar-refractivity contribution in [3.63, 3.8) is 0 Å². The topological polar surface area (TPSA) is 39.9 Å². The smallest absolute Gasteiger partial charge is 0.147 e. The van der Waals surface area contributed by atoms with Crippen molar-refractivity contribution in [1.82, 2.24) is 4.98 Å². The van der Waals surface area contributed by atoms with Crippen LogP contribution < -0.4 is 4.90 Å². The molecule has 21 heavy (non-hydrogen) atoms. The van der Waals surface area contributed by atoms with Crippen LogP contribution in [0.5, 0.6) is 0 Å². The molecule has 0 aliphatic heterocycles. The summed E-state index contributed by atoms with van der Waals surface area (Å²) in [4.78, 5) is 6.41. The number of hydrogen-bond acceptors (Lipinski definition) is 3. The molecular weight excluding hydrogens is 282 g/mol. The molecule has 0 atom stereocenters. The lowest BCUT2D eigenvalue weighted by Crippen LogP contribution is -2.30. The van der Waals surface area contributed by atoms with Crippen molar-refractivity contribution in [2.24, 2.45) is 0 Å². The van der Waals surface area contributed by atoms with Crippen molar-refractivity contribution in [1.29, 1.82) is 5.26 Å². The lowest BCUT2D eigenvalue weighted by atomic mass is 9.95. The zero-order valence-corrected chi connectivity index (χ0v) is 12.6. The molecule has 1 heterocycles. The van der Waals surface area contributed by atoms with E-state index in [-0.39, 0.29) is 5.41 Å². The van der Waals surface area contributed by atoms with Gasteiger partial charge in [-0.3, -0.25) is 0 Å². The van der Waals surface area contributed by atoms with Gasteiger partial charge in [0.15, 0.2) is 0 Å². The highest BCUT2D eigenvalue weighted by atomic mass is 35.5. The molecule has 3 rings (SSSR count). The molecule has 0 unspecified atom stereocenters. The maximum Gasteiger partial charge on any atom is 0.147 e. The van der Waals surface area contributed by atoms with E-state index in [0.717, 1.165) is 12.4 Å². The van der Waals surface area contributed by atoms with Crippen LogP contribution in [0.15, 0.2) is 42.6 Å². The van der Waals surface area contributed by atoms with Gasteiger partial charge in [-0.25, -0.2) is 4.98 Å². The summed E-state index contributed by atoms with van der Waals surface area (Å²) in [6.45, 7) is 0.885. The average molecular weight is 298 g/mol. The summed E-state index contributed by atoms with van der Waals surface area (Å²) in [5, 5.41) is 9.40. The summed E-state index contributed by atoms with van der Waals surface area (Å²) in [5.74, 6) is 0.734. The predicted octanol–water partition coefficient (Wildman–Crippen LogP) is 3.77. The van der Waals surface area contributed by atoms with Gasteiger partial charge in [-0.15, -0.1) is 0 Å². The SMILES string of the molecule is CN(CC1(c2ccccc2)CC1)c1ncc(C#N)cc1Cl. The maximum absolute atomic E-state index is 8.87. The van der Waals surface area contributed by atoms with Gasteiger partial charge in [0, 0.05) is 25.2 Å². The summed E-state index contributed by atoms with van der Waals surface area (Å²) < 4.78 is 0. The molecule has 0 saturated heterocycles. The second-order valence-corrected chi connectivity index (χ2v) is 6.05. The molecule has 1 fully saturated rings. The number of benzene rings is 1. The Kier molecular flexibility index (Phi) is 3.57. The number of likely N-dealkylation sites (N-methyl/N-ethyl adjacent to an activating group) is 1. The highest BCUT2D eigenvalue weighted by molar-refractivity contribution is 6.33. The third kappa shape index (κ3) is 2.72. The van der Waals surface area contributed by atoms with E-state index >= 15 is 0 Å². The number of nitriles is 1. The molecule has 0 spiro atoms. The molecule has 3 nitrogen and oxygen atoms in total. The first-order valence-electron chi connectivity index (χ1n) is 6.97. The lowest BCUT2D eigenvalue weighted by molar-refractivity contribution is 0.669. The molecule has 4 heteroatoms. The molecule has 106 valence electrons. The van der Waals surface area contributed by atoms with Crippen LogP contribution in [0.1, 0.15) is 24.0 Å². The van der Waals surface area contributed by atoms with E-state index in [2.05, 4.69) is 40.2 Å². The van der Waals surface area contributed by atoms with Gasteiger partial charge in [-0.2, -0.15) is 5.26 Å². The molecule has 1 aromatic heterocycles. The standard InChI is InChI=1S/C17H16ClN3/c1-21(16-15(18)9-13(10-19)11-20-16)12-17(7-8-17)14-5-3-2-4-6-14/h2-6,9,11H,7-8,12H2,1H3. The monoisotopic (exact) mass is 297 g/mol. The average Bonchev–Trinajstić information content (AvgIpc) is 3.28. The number of anilines is 1. The number of nitrogens with zero attached hydrogens (tertiary/aromatic N) is 3.